The summed E-state index contributed by atoms with van der Waals surface area (Å²) in [7, 11) is 1.58. The van der Waals surface area contributed by atoms with Crippen molar-refractivity contribution in [2.24, 2.45) is 0 Å². The van der Waals surface area contributed by atoms with Gasteiger partial charge in [0.15, 0.2) is 0 Å². The van der Waals surface area contributed by atoms with Crippen molar-refractivity contribution >= 4 is 16.9 Å². The summed E-state index contributed by atoms with van der Waals surface area (Å²) in [5.74, 6) is 1.00. The quantitative estimate of drug-likeness (QED) is 0.271. The first-order chi connectivity index (χ1) is 18.6. The first-order valence-electron chi connectivity index (χ1n) is 13.0. The monoisotopic (exact) mass is 515 g/mol. The molecule has 9 heteroatoms. The third-order valence-electron chi connectivity index (χ3n) is 6.81. The summed E-state index contributed by atoms with van der Waals surface area (Å²) in [6.45, 7) is 5.41. The summed E-state index contributed by atoms with van der Waals surface area (Å²) in [5, 5.41) is 13.6. The van der Waals surface area contributed by atoms with Gasteiger partial charge in [0.05, 0.1) is 36.9 Å². The standard InChI is InChI=1S/C29H33N5O4/c1-37-29-22(6-5-12-31-29)20-8-10-26(35)23(18-20)27-32-24-9-7-21(19-25(24)33-27)28(36)30-11-3-2-4-13-34-14-16-38-17-15-34/h5-10,12,18-19,35H,2-4,11,13-17H2,1H3,(H,30,36)(H,32,33). The van der Waals surface area contributed by atoms with E-state index < -0.39 is 0 Å². The van der Waals surface area contributed by atoms with Gasteiger partial charge in [0.1, 0.15) is 11.6 Å². The summed E-state index contributed by atoms with van der Waals surface area (Å²) in [6.07, 6.45) is 4.82. The Kier molecular flexibility index (Phi) is 8.15. The molecule has 4 aromatic rings. The van der Waals surface area contributed by atoms with Crippen LogP contribution in [0.25, 0.3) is 33.5 Å². The Morgan fingerprint density at radius 3 is 2.82 bits per heavy atom. The average Bonchev–Trinajstić information content (AvgIpc) is 3.39. The number of ether oxygens (including phenoxy) is 2. The van der Waals surface area contributed by atoms with Crippen molar-refractivity contribution < 1.29 is 19.4 Å². The van der Waals surface area contributed by atoms with Crippen LogP contribution >= 0.6 is 0 Å². The molecule has 1 amide bonds. The van der Waals surface area contributed by atoms with E-state index in [-0.39, 0.29) is 11.7 Å². The molecule has 2 aromatic carbocycles. The number of nitrogens with one attached hydrogen (secondary N) is 2. The Labute approximate surface area is 221 Å². The lowest BCUT2D eigenvalue weighted by atomic mass is 10.0. The van der Waals surface area contributed by atoms with Crippen LogP contribution in [0.15, 0.2) is 54.7 Å². The van der Waals surface area contributed by atoms with Crippen molar-refractivity contribution in [3.63, 3.8) is 0 Å². The van der Waals surface area contributed by atoms with E-state index in [1.165, 1.54) is 0 Å². The number of fused-ring (bicyclic) bond motifs is 1. The Morgan fingerprint density at radius 2 is 1.97 bits per heavy atom. The Balaban J connectivity index is 1.23. The molecule has 198 valence electrons. The van der Waals surface area contributed by atoms with Gasteiger partial charge in [-0.05, 0) is 67.4 Å². The second-order valence-electron chi connectivity index (χ2n) is 9.38. The van der Waals surface area contributed by atoms with Gasteiger partial charge in [-0.15, -0.1) is 0 Å². The van der Waals surface area contributed by atoms with Crippen molar-refractivity contribution in [2.75, 3.05) is 46.5 Å². The highest BCUT2D eigenvalue weighted by Crippen LogP contribution is 2.35. The SMILES string of the molecule is COc1ncccc1-c1ccc(O)c(-c2nc3cc(C(=O)NCCCCCN4CCOCC4)ccc3[nH]2)c1. The number of unbranched alkanes of at least 4 members (excludes halogenated alkanes) is 2. The van der Waals surface area contributed by atoms with Crippen LogP contribution in [-0.4, -0.2) is 77.4 Å². The predicted octanol–water partition coefficient (Wildman–Crippen LogP) is 4.24. The van der Waals surface area contributed by atoms with Gasteiger partial charge in [0, 0.05) is 37.0 Å². The highest BCUT2D eigenvalue weighted by atomic mass is 16.5. The molecular formula is C29H33N5O4. The predicted molar refractivity (Wildman–Crippen MR) is 146 cm³/mol. The smallest absolute Gasteiger partial charge is 0.251 e. The van der Waals surface area contributed by atoms with Crippen LogP contribution in [-0.2, 0) is 4.74 Å². The molecule has 1 fully saturated rings. The molecule has 0 saturated carbocycles. The molecule has 0 spiro atoms. The summed E-state index contributed by atoms with van der Waals surface area (Å²) in [4.78, 5) is 27.4. The number of pyridine rings is 1. The fourth-order valence-electron chi connectivity index (χ4n) is 4.71. The van der Waals surface area contributed by atoms with Crippen LogP contribution in [0.5, 0.6) is 11.6 Å². The maximum absolute atomic E-state index is 12.7. The summed E-state index contributed by atoms with van der Waals surface area (Å²) in [5.41, 5.74) is 4.20. The third-order valence-corrected chi connectivity index (χ3v) is 6.81. The number of rotatable bonds is 10. The number of phenols is 1. The number of carbonyl (C=O) groups excluding carboxylic acids is 1. The number of hydrogen-bond acceptors (Lipinski definition) is 7. The number of amides is 1. The molecule has 3 heterocycles. The number of methoxy groups -OCH3 is 1. The molecule has 0 radical (unpaired) electrons. The molecule has 1 saturated heterocycles. The largest absolute Gasteiger partial charge is 0.507 e. The third kappa shape index (κ3) is 5.95. The average molecular weight is 516 g/mol. The van der Waals surface area contributed by atoms with Gasteiger partial charge in [-0.1, -0.05) is 12.5 Å². The van der Waals surface area contributed by atoms with Gasteiger partial charge < -0.3 is 24.9 Å². The van der Waals surface area contributed by atoms with Crippen molar-refractivity contribution in [1.29, 1.82) is 0 Å². The second-order valence-corrected chi connectivity index (χ2v) is 9.38. The Morgan fingerprint density at radius 1 is 1.11 bits per heavy atom. The number of benzene rings is 2. The summed E-state index contributed by atoms with van der Waals surface area (Å²) >= 11 is 0. The molecule has 38 heavy (non-hydrogen) atoms. The molecule has 1 aliphatic heterocycles. The minimum atomic E-state index is -0.113. The van der Waals surface area contributed by atoms with Crippen LogP contribution in [0.1, 0.15) is 29.6 Å². The first-order valence-corrected chi connectivity index (χ1v) is 13.0. The van der Waals surface area contributed by atoms with Crippen LogP contribution in [0, 0.1) is 0 Å². The van der Waals surface area contributed by atoms with Crippen LogP contribution in [0.4, 0.5) is 0 Å². The van der Waals surface area contributed by atoms with E-state index in [0.29, 0.717) is 34.9 Å². The lowest BCUT2D eigenvalue weighted by Crippen LogP contribution is -2.36. The van der Waals surface area contributed by atoms with Gasteiger partial charge >= 0.3 is 0 Å². The molecule has 0 unspecified atom stereocenters. The van der Waals surface area contributed by atoms with E-state index in [1.54, 1.807) is 31.5 Å². The Bertz CT molecular complexity index is 1400. The van der Waals surface area contributed by atoms with Crippen molar-refractivity contribution in [3.05, 3.63) is 60.3 Å². The zero-order valence-electron chi connectivity index (χ0n) is 21.6. The molecule has 2 aromatic heterocycles. The number of aromatic amines is 1. The molecule has 0 bridgehead atoms. The molecule has 1 aliphatic rings. The van der Waals surface area contributed by atoms with E-state index in [2.05, 4.69) is 25.2 Å². The van der Waals surface area contributed by atoms with Crippen LogP contribution in [0.3, 0.4) is 0 Å². The topological polar surface area (TPSA) is 113 Å². The van der Waals surface area contributed by atoms with E-state index in [4.69, 9.17) is 9.47 Å². The number of imidazole rings is 1. The molecule has 0 aliphatic carbocycles. The molecule has 9 nitrogen and oxygen atoms in total. The summed E-state index contributed by atoms with van der Waals surface area (Å²) in [6, 6.07) is 14.4. The number of aromatic hydroxyl groups is 1. The number of phenolic OH excluding ortho intramolecular Hbond substituents is 1. The van der Waals surface area contributed by atoms with Gasteiger partial charge in [0.25, 0.3) is 5.91 Å². The van der Waals surface area contributed by atoms with Crippen molar-refractivity contribution in [2.45, 2.75) is 19.3 Å². The molecule has 5 rings (SSSR count). The highest BCUT2D eigenvalue weighted by Gasteiger charge is 2.15. The Hall–Kier alpha value is -3.95. The fraction of sp³-hybridized carbons (Fsp3) is 0.345. The van der Waals surface area contributed by atoms with E-state index in [0.717, 1.165) is 68.8 Å². The number of nitrogens with zero attached hydrogens (tertiary/aromatic N) is 3. The summed E-state index contributed by atoms with van der Waals surface area (Å²) < 4.78 is 10.8. The number of hydrogen-bond donors (Lipinski definition) is 3. The van der Waals surface area contributed by atoms with Gasteiger partial charge in [-0.25, -0.2) is 9.97 Å². The van der Waals surface area contributed by atoms with Gasteiger partial charge in [-0.2, -0.15) is 0 Å². The van der Waals surface area contributed by atoms with Crippen molar-refractivity contribution in [3.8, 4) is 34.1 Å². The molecule has 3 N–H and O–H groups in total. The minimum absolute atomic E-state index is 0.0993. The van der Waals surface area contributed by atoms with E-state index >= 15 is 0 Å². The zero-order chi connectivity index (χ0) is 26.3. The van der Waals surface area contributed by atoms with E-state index in [1.807, 2.05) is 30.3 Å². The van der Waals surface area contributed by atoms with Crippen LogP contribution < -0.4 is 10.1 Å². The van der Waals surface area contributed by atoms with Crippen LogP contribution in [0.2, 0.25) is 0 Å². The fourth-order valence-corrected chi connectivity index (χ4v) is 4.71. The lowest BCUT2D eigenvalue weighted by Gasteiger charge is -2.26. The van der Waals surface area contributed by atoms with Crippen molar-refractivity contribution in [1.82, 2.24) is 25.2 Å². The maximum Gasteiger partial charge on any atom is 0.251 e. The molecule has 0 atom stereocenters. The normalized spacial score (nSPS) is 14.0. The number of aromatic nitrogens is 3. The van der Waals surface area contributed by atoms with E-state index in [9.17, 15) is 9.90 Å². The maximum atomic E-state index is 12.7. The first kappa shape index (κ1) is 25.7. The second kappa shape index (κ2) is 12.1. The van der Waals surface area contributed by atoms with Gasteiger partial charge in [0.2, 0.25) is 5.88 Å². The minimum Gasteiger partial charge on any atom is -0.507 e. The number of morpholine rings is 1. The number of H-pyrrole nitrogens is 1. The molecular weight excluding hydrogens is 482 g/mol. The zero-order valence-corrected chi connectivity index (χ0v) is 21.6. The highest BCUT2D eigenvalue weighted by molar-refractivity contribution is 5.97. The lowest BCUT2D eigenvalue weighted by molar-refractivity contribution is 0.0371. The number of carbonyl (C=O) groups is 1. The van der Waals surface area contributed by atoms with Gasteiger partial charge in [-0.3, -0.25) is 9.69 Å².